The number of benzene rings is 3. The fourth-order valence-corrected chi connectivity index (χ4v) is 15.8. The lowest BCUT2D eigenvalue weighted by Crippen LogP contribution is -1.86. The standard InChI is InChI=1S/C42H50N2S6/c1-3-5-7-9-11-13-15-17-25-45-39-40(46-26-18-16-14-12-10-8-6-4-2)50-42(49-39)41-47-34-27-32-33(28-35(34)48-41)44-38-31-24-20-22-29-21-19-23-30(36(29)31)37(38)43-32/h19-24,27-28H,3-18,25-26H2,1-2H3. The molecule has 0 unspecified atom stereocenters. The van der Waals surface area contributed by atoms with Crippen molar-refractivity contribution >= 4 is 127 Å². The van der Waals surface area contributed by atoms with Gasteiger partial charge in [-0.1, -0.05) is 164 Å². The Labute approximate surface area is 323 Å². The Balaban J connectivity index is 1.06. The summed E-state index contributed by atoms with van der Waals surface area (Å²) >= 11 is 12.2. The molecule has 4 aromatic carbocycles. The quantitative estimate of drug-likeness (QED) is 0.0717. The van der Waals surface area contributed by atoms with Gasteiger partial charge in [0.25, 0.3) is 0 Å². The van der Waals surface area contributed by atoms with Crippen LogP contribution in [0.1, 0.15) is 117 Å². The fraction of sp³-hybridized carbons (Fsp3) is 0.476. The van der Waals surface area contributed by atoms with Crippen molar-refractivity contribution in [3.05, 3.63) is 60.9 Å². The average Bonchev–Trinajstić information content (AvgIpc) is 3.83. The summed E-state index contributed by atoms with van der Waals surface area (Å²) in [5.74, 6) is 2.49. The number of thioether (sulfide) groups is 4. The lowest BCUT2D eigenvalue weighted by molar-refractivity contribution is 0.586. The summed E-state index contributed by atoms with van der Waals surface area (Å²) in [6.45, 7) is 4.61. The first-order chi connectivity index (χ1) is 24.7. The Kier molecular flexibility index (Phi) is 13.7. The van der Waals surface area contributed by atoms with Crippen LogP contribution in [0.4, 0.5) is 0 Å². The number of hydrogen-bond acceptors (Lipinski definition) is 8. The molecule has 0 fully saturated rings. The molecule has 50 heavy (non-hydrogen) atoms. The SMILES string of the molecule is CCCCCCCCCCSC1=C(SCCCCCCCCCC)SC(=c2sc3cc4nc5c6cccc7cccc(c5nc4cc3s2)c76)S1. The van der Waals surface area contributed by atoms with Crippen molar-refractivity contribution in [2.75, 3.05) is 11.5 Å². The molecule has 0 radical (unpaired) electrons. The molecule has 7 rings (SSSR count). The molecular formula is C42H50N2S6. The molecular weight excluding hydrogens is 725 g/mol. The number of unbranched alkanes of at least 4 members (excludes halogenated alkanes) is 14. The number of fused-ring (bicyclic) bond motifs is 5. The molecule has 0 amide bonds. The van der Waals surface area contributed by atoms with Crippen LogP contribution in [0, 0.1) is 0 Å². The Morgan fingerprint density at radius 3 is 1.44 bits per heavy atom. The van der Waals surface area contributed by atoms with E-state index >= 15 is 0 Å². The van der Waals surface area contributed by atoms with Gasteiger partial charge in [-0.3, -0.25) is 0 Å². The van der Waals surface area contributed by atoms with Crippen LogP contribution in [-0.4, -0.2) is 21.5 Å². The van der Waals surface area contributed by atoms with Gasteiger partial charge >= 0.3 is 0 Å². The van der Waals surface area contributed by atoms with Crippen LogP contribution in [0.2, 0.25) is 0 Å². The summed E-state index contributed by atoms with van der Waals surface area (Å²) in [6, 6.07) is 17.7. The van der Waals surface area contributed by atoms with E-state index < -0.39 is 0 Å². The van der Waals surface area contributed by atoms with Crippen LogP contribution < -0.4 is 3.85 Å². The van der Waals surface area contributed by atoms with Gasteiger partial charge in [-0.25, -0.2) is 9.97 Å². The highest BCUT2D eigenvalue weighted by Gasteiger charge is 2.24. The van der Waals surface area contributed by atoms with E-state index in [0.29, 0.717) is 0 Å². The van der Waals surface area contributed by atoms with E-state index in [-0.39, 0.29) is 0 Å². The van der Waals surface area contributed by atoms with Gasteiger partial charge in [-0.05, 0) is 41.9 Å². The van der Waals surface area contributed by atoms with Gasteiger partial charge in [0.2, 0.25) is 0 Å². The fourth-order valence-electron chi connectivity index (χ4n) is 6.97. The van der Waals surface area contributed by atoms with Crippen LogP contribution in [-0.2, 0) is 0 Å². The summed E-state index contributed by atoms with van der Waals surface area (Å²) < 4.78 is 8.66. The van der Waals surface area contributed by atoms with Crippen molar-refractivity contribution in [2.45, 2.75) is 117 Å². The lowest BCUT2D eigenvalue weighted by Gasteiger charge is -2.06. The van der Waals surface area contributed by atoms with Crippen LogP contribution in [0.25, 0.3) is 57.2 Å². The van der Waals surface area contributed by atoms with E-state index in [1.807, 2.05) is 46.2 Å². The molecule has 0 saturated carbocycles. The zero-order valence-corrected chi connectivity index (χ0v) is 34.6. The first-order valence-corrected chi connectivity index (χ1v) is 24.3. The molecule has 0 N–H and O–H groups in total. The average molecular weight is 775 g/mol. The summed E-state index contributed by atoms with van der Waals surface area (Å²) in [7, 11) is 0. The Morgan fingerprint density at radius 1 is 0.540 bits per heavy atom. The van der Waals surface area contributed by atoms with Gasteiger partial charge in [0.15, 0.2) is 0 Å². The number of hydrogen-bond donors (Lipinski definition) is 0. The highest BCUT2D eigenvalue weighted by Crippen LogP contribution is 2.58. The van der Waals surface area contributed by atoms with Gasteiger partial charge in [0.05, 0.1) is 34.8 Å². The van der Waals surface area contributed by atoms with Crippen molar-refractivity contribution in [3.63, 3.8) is 0 Å². The van der Waals surface area contributed by atoms with Crippen LogP contribution in [0.3, 0.4) is 0 Å². The van der Waals surface area contributed by atoms with Crippen molar-refractivity contribution < 1.29 is 0 Å². The smallest absolute Gasteiger partial charge is 0.101 e. The summed E-state index contributed by atoms with van der Waals surface area (Å²) in [5, 5.41) is 4.98. The maximum Gasteiger partial charge on any atom is 0.101 e. The van der Waals surface area contributed by atoms with Crippen LogP contribution in [0.15, 0.2) is 57.0 Å². The maximum atomic E-state index is 5.24. The second-order valence-electron chi connectivity index (χ2n) is 13.6. The van der Waals surface area contributed by atoms with Crippen molar-refractivity contribution in [2.24, 2.45) is 0 Å². The van der Waals surface area contributed by atoms with Gasteiger partial charge in [-0.15, -0.1) is 46.2 Å². The summed E-state index contributed by atoms with van der Waals surface area (Å²) in [4.78, 5) is 10.5. The van der Waals surface area contributed by atoms with E-state index in [9.17, 15) is 0 Å². The largest absolute Gasteiger partial charge is 0.244 e. The van der Waals surface area contributed by atoms with Gasteiger partial charge in [0.1, 0.15) is 3.85 Å². The molecule has 0 bridgehead atoms. The van der Waals surface area contributed by atoms with Gasteiger partial charge in [-0.2, -0.15) is 0 Å². The maximum absolute atomic E-state index is 5.24. The van der Waals surface area contributed by atoms with Crippen molar-refractivity contribution in [3.8, 4) is 0 Å². The molecule has 3 heterocycles. The predicted octanol–water partition coefficient (Wildman–Crippen LogP) is 15.5. The normalized spacial score (nSPS) is 13.9. The second kappa shape index (κ2) is 18.6. The van der Waals surface area contributed by atoms with Crippen LogP contribution in [0.5, 0.6) is 0 Å². The number of aromatic nitrogens is 2. The zero-order valence-electron chi connectivity index (χ0n) is 29.7. The van der Waals surface area contributed by atoms with Crippen LogP contribution >= 0.6 is 69.7 Å². The minimum atomic E-state index is 1.000. The topological polar surface area (TPSA) is 25.8 Å². The molecule has 0 spiro atoms. The molecule has 0 aliphatic carbocycles. The van der Waals surface area contributed by atoms with E-state index in [0.717, 1.165) is 22.1 Å². The third-order valence-electron chi connectivity index (χ3n) is 9.72. The third kappa shape index (κ3) is 8.85. The van der Waals surface area contributed by atoms with E-state index in [4.69, 9.17) is 9.97 Å². The highest BCUT2D eigenvalue weighted by molar-refractivity contribution is 8.45. The summed E-state index contributed by atoms with van der Waals surface area (Å²) in [5.41, 5.74) is 4.06. The molecule has 2 aromatic heterocycles. The predicted molar refractivity (Wildman–Crippen MR) is 236 cm³/mol. The van der Waals surface area contributed by atoms with Gasteiger partial charge in [0, 0.05) is 25.6 Å². The molecule has 1 aliphatic rings. The minimum absolute atomic E-state index is 1.000. The Bertz CT molecular complexity index is 1990. The Morgan fingerprint density at radius 2 is 0.980 bits per heavy atom. The molecule has 0 atom stereocenters. The molecule has 264 valence electrons. The summed E-state index contributed by atoms with van der Waals surface area (Å²) in [6.07, 6.45) is 22.2. The van der Waals surface area contributed by atoms with Crippen molar-refractivity contribution in [1.29, 1.82) is 0 Å². The first kappa shape index (κ1) is 36.9. The zero-order chi connectivity index (χ0) is 34.1. The lowest BCUT2D eigenvalue weighted by atomic mass is 10.1. The third-order valence-corrected chi connectivity index (χ3v) is 18.5. The molecule has 0 saturated heterocycles. The van der Waals surface area contributed by atoms with E-state index in [1.54, 1.807) is 8.47 Å². The van der Waals surface area contributed by atoms with Crippen molar-refractivity contribution in [1.82, 2.24) is 9.97 Å². The van der Waals surface area contributed by atoms with Gasteiger partial charge < -0.3 is 0 Å². The second-order valence-corrected chi connectivity index (χ2v) is 21.0. The minimum Gasteiger partial charge on any atom is -0.244 e. The monoisotopic (exact) mass is 774 g/mol. The molecule has 1 aliphatic heterocycles. The number of rotatable bonds is 20. The molecule has 2 nitrogen and oxygen atoms in total. The first-order valence-electron chi connectivity index (χ1n) is 19.1. The van der Waals surface area contributed by atoms with E-state index in [1.165, 1.54) is 153 Å². The van der Waals surface area contributed by atoms with E-state index in [2.05, 4.69) is 85.9 Å². The molecule has 6 aromatic rings. The molecule has 8 heteroatoms. The Hall–Kier alpha value is -1.42. The number of nitrogens with zero attached hydrogens (tertiary/aromatic N) is 2. The highest BCUT2D eigenvalue weighted by atomic mass is 32.3.